The van der Waals surface area contributed by atoms with E-state index in [9.17, 15) is 10.1 Å². The first-order chi connectivity index (χ1) is 8.59. The Hall–Kier alpha value is -2.44. The molecule has 0 spiro atoms. The number of aromatic nitrogens is 3. The molecule has 2 rings (SSSR count). The van der Waals surface area contributed by atoms with E-state index in [4.69, 9.17) is 0 Å². The van der Waals surface area contributed by atoms with E-state index in [1.807, 2.05) is 25.1 Å². The summed E-state index contributed by atoms with van der Waals surface area (Å²) in [4.78, 5) is 18.3. The van der Waals surface area contributed by atoms with Crippen molar-refractivity contribution in [2.45, 2.75) is 13.0 Å². The molecule has 0 saturated heterocycles. The maximum absolute atomic E-state index is 10.8. The van der Waals surface area contributed by atoms with Crippen LogP contribution in [0.2, 0.25) is 0 Å². The van der Waals surface area contributed by atoms with Crippen molar-refractivity contribution < 1.29 is 4.92 Å². The van der Waals surface area contributed by atoms with E-state index in [0.29, 0.717) is 5.82 Å². The van der Waals surface area contributed by atoms with Crippen LogP contribution in [-0.2, 0) is 7.05 Å². The van der Waals surface area contributed by atoms with Gasteiger partial charge in [-0.15, -0.1) is 0 Å². The summed E-state index contributed by atoms with van der Waals surface area (Å²) < 4.78 is 1.58. The Morgan fingerprint density at radius 2 is 2.22 bits per heavy atom. The van der Waals surface area contributed by atoms with E-state index in [2.05, 4.69) is 15.3 Å². The molecule has 7 nitrogen and oxygen atoms in total. The minimum absolute atomic E-state index is 0.139. The molecular weight excluding hydrogens is 234 g/mol. The highest BCUT2D eigenvalue weighted by Gasteiger charge is 2.21. The normalized spacial score (nSPS) is 12.1. The second-order valence-corrected chi connectivity index (χ2v) is 3.91. The van der Waals surface area contributed by atoms with E-state index in [1.54, 1.807) is 17.8 Å². The summed E-state index contributed by atoms with van der Waals surface area (Å²) in [6.07, 6.45) is 3.09. The third kappa shape index (κ3) is 2.29. The molecule has 1 atom stereocenters. The smallest absolute Gasteiger partial charge is 0.358 e. The molecular formula is C11H13N5O2. The summed E-state index contributed by atoms with van der Waals surface area (Å²) in [7, 11) is 1.70. The Morgan fingerprint density at radius 3 is 2.83 bits per heavy atom. The lowest BCUT2D eigenvalue weighted by Crippen LogP contribution is -2.11. The first-order valence-electron chi connectivity index (χ1n) is 5.42. The van der Waals surface area contributed by atoms with Gasteiger partial charge < -0.3 is 15.4 Å². The Bertz CT molecular complexity index is 552. The van der Waals surface area contributed by atoms with Crippen LogP contribution in [0.15, 0.2) is 30.7 Å². The van der Waals surface area contributed by atoms with Gasteiger partial charge in [-0.05, 0) is 29.0 Å². The van der Waals surface area contributed by atoms with Crippen molar-refractivity contribution in [1.29, 1.82) is 0 Å². The Labute approximate surface area is 104 Å². The molecule has 94 valence electrons. The standard InChI is InChI=1S/C11H13N5O2/c1-8(9-5-3-4-6-12-9)14-11-10(16(17)18)13-7-15(11)2/h3-8,14H,1-2H3. The summed E-state index contributed by atoms with van der Waals surface area (Å²) >= 11 is 0. The molecule has 0 fully saturated rings. The van der Waals surface area contributed by atoms with Crippen molar-refractivity contribution in [3.63, 3.8) is 0 Å². The van der Waals surface area contributed by atoms with Crippen molar-refractivity contribution in [3.05, 3.63) is 46.5 Å². The lowest BCUT2D eigenvalue weighted by atomic mass is 10.2. The highest BCUT2D eigenvalue weighted by atomic mass is 16.6. The molecule has 0 bridgehead atoms. The van der Waals surface area contributed by atoms with Crippen molar-refractivity contribution in [2.75, 3.05) is 5.32 Å². The van der Waals surface area contributed by atoms with E-state index in [-0.39, 0.29) is 11.9 Å². The molecule has 0 aliphatic rings. The topological polar surface area (TPSA) is 85.9 Å². The van der Waals surface area contributed by atoms with Gasteiger partial charge in [0.25, 0.3) is 0 Å². The third-order valence-electron chi connectivity index (χ3n) is 2.58. The molecule has 7 heteroatoms. The molecule has 2 aromatic heterocycles. The van der Waals surface area contributed by atoms with E-state index < -0.39 is 4.92 Å². The van der Waals surface area contributed by atoms with Crippen LogP contribution in [0.25, 0.3) is 0 Å². The largest absolute Gasteiger partial charge is 0.406 e. The summed E-state index contributed by atoms with van der Waals surface area (Å²) in [6, 6.07) is 5.42. The van der Waals surface area contributed by atoms with Gasteiger partial charge in [0.15, 0.2) is 0 Å². The van der Waals surface area contributed by atoms with Crippen molar-refractivity contribution in [2.24, 2.45) is 7.05 Å². The fraction of sp³-hybridized carbons (Fsp3) is 0.273. The first kappa shape index (κ1) is 12.0. The van der Waals surface area contributed by atoms with Gasteiger partial charge in [-0.25, -0.2) is 0 Å². The number of pyridine rings is 1. The predicted octanol–water partition coefficient (Wildman–Crippen LogP) is 1.90. The second kappa shape index (κ2) is 4.82. The van der Waals surface area contributed by atoms with Crippen LogP contribution >= 0.6 is 0 Å². The Morgan fingerprint density at radius 1 is 1.44 bits per heavy atom. The number of anilines is 1. The zero-order valence-electron chi connectivity index (χ0n) is 10.1. The van der Waals surface area contributed by atoms with Gasteiger partial charge in [0.05, 0.1) is 11.7 Å². The molecule has 1 N–H and O–H groups in total. The number of nitrogens with zero attached hydrogens (tertiary/aromatic N) is 4. The number of hydrogen-bond donors (Lipinski definition) is 1. The van der Waals surface area contributed by atoms with Crippen LogP contribution < -0.4 is 5.32 Å². The minimum atomic E-state index is -0.506. The van der Waals surface area contributed by atoms with Gasteiger partial charge in [-0.2, -0.15) is 0 Å². The highest BCUT2D eigenvalue weighted by molar-refractivity contribution is 5.53. The van der Waals surface area contributed by atoms with E-state index in [1.165, 1.54) is 6.33 Å². The maximum atomic E-state index is 10.8. The fourth-order valence-corrected chi connectivity index (χ4v) is 1.63. The van der Waals surface area contributed by atoms with Crippen LogP contribution in [0.1, 0.15) is 18.7 Å². The number of nitro groups is 1. The summed E-state index contributed by atoms with van der Waals surface area (Å²) in [6.45, 7) is 1.89. The lowest BCUT2D eigenvalue weighted by molar-refractivity contribution is -0.388. The zero-order valence-corrected chi connectivity index (χ0v) is 10.1. The average molecular weight is 247 g/mol. The number of rotatable bonds is 4. The quantitative estimate of drug-likeness (QED) is 0.658. The average Bonchev–Trinajstić information content (AvgIpc) is 2.72. The molecule has 0 radical (unpaired) electrons. The first-order valence-corrected chi connectivity index (χ1v) is 5.42. The Balaban J connectivity index is 2.24. The van der Waals surface area contributed by atoms with Crippen LogP contribution in [0.3, 0.4) is 0 Å². The lowest BCUT2D eigenvalue weighted by Gasteiger charge is -2.13. The van der Waals surface area contributed by atoms with Crippen LogP contribution in [-0.4, -0.2) is 19.5 Å². The molecule has 18 heavy (non-hydrogen) atoms. The molecule has 0 saturated carbocycles. The summed E-state index contributed by atoms with van der Waals surface area (Å²) in [5, 5.41) is 13.9. The summed E-state index contributed by atoms with van der Waals surface area (Å²) in [5.74, 6) is 0.193. The van der Waals surface area contributed by atoms with Crippen molar-refractivity contribution in [1.82, 2.24) is 14.5 Å². The van der Waals surface area contributed by atoms with Gasteiger partial charge in [0.1, 0.15) is 0 Å². The highest BCUT2D eigenvalue weighted by Crippen LogP contribution is 2.25. The van der Waals surface area contributed by atoms with Gasteiger partial charge in [0.2, 0.25) is 12.1 Å². The molecule has 1 unspecified atom stereocenters. The van der Waals surface area contributed by atoms with Crippen LogP contribution in [0, 0.1) is 10.1 Å². The van der Waals surface area contributed by atoms with Gasteiger partial charge in [-0.1, -0.05) is 6.07 Å². The monoisotopic (exact) mass is 247 g/mol. The molecule has 2 heterocycles. The molecule has 0 amide bonds. The van der Waals surface area contributed by atoms with E-state index in [0.717, 1.165) is 5.69 Å². The number of imidazole rings is 1. The van der Waals surface area contributed by atoms with Gasteiger partial charge >= 0.3 is 5.82 Å². The maximum Gasteiger partial charge on any atom is 0.406 e. The second-order valence-electron chi connectivity index (χ2n) is 3.91. The third-order valence-corrected chi connectivity index (χ3v) is 2.58. The molecule has 0 aliphatic carbocycles. The van der Waals surface area contributed by atoms with Crippen LogP contribution in [0.5, 0.6) is 0 Å². The number of nitrogens with one attached hydrogen (secondary N) is 1. The number of aryl methyl sites for hydroxylation is 1. The Kier molecular flexibility index (Phi) is 3.22. The van der Waals surface area contributed by atoms with Crippen molar-refractivity contribution in [3.8, 4) is 0 Å². The zero-order chi connectivity index (χ0) is 13.1. The molecule has 0 aliphatic heterocycles. The van der Waals surface area contributed by atoms with Crippen molar-refractivity contribution >= 4 is 11.6 Å². The predicted molar refractivity (Wildman–Crippen MR) is 66.1 cm³/mol. The van der Waals surface area contributed by atoms with E-state index >= 15 is 0 Å². The number of hydrogen-bond acceptors (Lipinski definition) is 5. The summed E-state index contributed by atoms with van der Waals surface area (Å²) in [5.41, 5.74) is 0.813. The van der Waals surface area contributed by atoms with Gasteiger partial charge in [-0.3, -0.25) is 9.55 Å². The SMILES string of the molecule is CC(Nc1c([N+](=O)[O-])ncn1C)c1ccccn1. The minimum Gasteiger partial charge on any atom is -0.358 e. The van der Waals surface area contributed by atoms with Crippen LogP contribution in [0.4, 0.5) is 11.6 Å². The van der Waals surface area contributed by atoms with Gasteiger partial charge in [0, 0.05) is 13.2 Å². The molecule has 2 aromatic rings. The fourth-order valence-electron chi connectivity index (χ4n) is 1.63. The molecule has 0 aromatic carbocycles.